The van der Waals surface area contributed by atoms with Crippen LogP contribution in [-0.4, -0.2) is 18.9 Å². The number of ether oxygens (including phenoxy) is 1. The molecule has 3 rings (SSSR count). The van der Waals surface area contributed by atoms with Crippen LogP contribution in [0.15, 0.2) is 35.4 Å². The summed E-state index contributed by atoms with van der Waals surface area (Å²) in [6.07, 6.45) is 2.81. The summed E-state index contributed by atoms with van der Waals surface area (Å²) in [6.45, 7) is 0. The van der Waals surface area contributed by atoms with E-state index in [4.69, 9.17) is 16.3 Å². The summed E-state index contributed by atoms with van der Waals surface area (Å²) in [4.78, 5) is 26.3. The highest BCUT2D eigenvalue weighted by atomic mass is 35.5. The molecule has 20 heavy (non-hydrogen) atoms. The third-order valence-corrected chi connectivity index (χ3v) is 4.20. The monoisotopic (exact) mass is 291 g/mol. The van der Waals surface area contributed by atoms with Gasteiger partial charge in [0.1, 0.15) is 5.75 Å². The molecular formula is C15H14ClNO3. The molecule has 1 heterocycles. The smallest absolute Gasteiger partial charge is 0.238 e. The fourth-order valence-corrected chi connectivity index (χ4v) is 3.13. The number of hydrogen-bond acceptors (Lipinski definition) is 3. The molecule has 5 heteroatoms. The van der Waals surface area contributed by atoms with E-state index in [1.807, 2.05) is 6.08 Å². The number of benzene rings is 1. The number of imide groups is 1. The first-order valence-electron chi connectivity index (χ1n) is 6.49. The zero-order chi connectivity index (χ0) is 14.3. The van der Waals surface area contributed by atoms with Crippen LogP contribution in [0.2, 0.25) is 0 Å². The van der Waals surface area contributed by atoms with E-state index in [1.54, 1.807) is 24.3 Å². The third-order valence-electron chi connectivity index (χ3n) is 3.90. The van der Waals surface area contributed by atoms with Gasteiger partial charge in [-0.3, -0.25) is 9.59 Å². The lowest BCUT2D eigenvalue weighted by molar-refractivity contribution is -0.122. The Hall–Kier alpha value is -1.81. The van der Waals surface area contributed by atoms with Crippen LogP contribution in [0.1, 0.15) is 12.8 Å². The Kier molecular flexibility index (Phi) is 3.26. The standard InChI is InChI=1S/C15H14ClNO3/c1-20-13-5-3-2-4-12(13)17-14(18)10-7-6-9(16)8-11(10)15(17)19/h2-6,10-11H,7-8H2,1H3/t10-,11+/m0/s1. The Morgan fingerprint density at radius 3 is 2.65 bits per heavy atom. The third kappa shape index (κ3) is 1.91. The van der Waals surface area contributed by atoms with Crippen molar-refractivity contribution in [2.45, 2.75) is 12.8 Å². The van der Waals surface area contributed by atoms with Gasteiger partial charge in [-0.2, -0.15) is 0 Å². The average Bonchev–Trinajstić information content (AvgIpc) is 2.70. The van der Waals surface area contributed by atoms with Gasteiger partial charge in [-0.25, -0.2) is 4.90 Å². The van der Waals surface area contributed by atoms with E-state index in [0.29, 0.717) is 29.3 Å². The number of nitrogens with zero attached hydrogens (tertiary/aromatic N) is 1. The van der Waals surface area contributed by atoms with Crippen LogP contribution in [-0.2, 0) is 9.59 Å². The van der Waals surface area contributed by atoms with Crippen LogP contribution in [0.4, 0.5) is 5.69 Å². The number of hydrogen-bond donors (Lipinski definition) is 0. The van der Waals surface area contributed by atoms with Gasteiger partial charge in [0.2, 0.25) is 11.8 Å². The van der Waals surface area contributed by atoms with Crippen molar-refractivity contribution >= 4 is 29.1 Å². The van der Waals surface area contributed by atoms with Crippen LogP contribution in [0.3, 0.4) is 0 Å². The molecule has 0 bridgehead atoms. The molecule has 4 nitrogen and oxygen atoms in total. The first kappa shape index (κ1) is 13.2. The fourth-order valence-electron chi connectivity index (χ4n) is 2.88. The minimum Gasteiger partial charge on any atom is -0.495 e. The molecule has 0 N–H and O–H groups in total. The van der Waals surface area contributed by atoms with Crippen molar-refractivity contribution in [1.29, 1.82) is 0 Å². The number of para-hydroxylation sites is 2. The van der Waals surface area contributed by atoms with Gasteiger partial charge in [0.05, 0.1) is 24.6 Å². The number of carbonyl (C=O) groups is 2. The SMILES string of the molecule is COc1ccccc1N1C(=O)[C@H]2CC=C(Cl)C[C@H]2C1=O. The second-order valence-corrected chi connectivity index (χ2v) is 5.47. The number of anilines is 1. The van der Waals surface area contributed by atoms with E-state index in [2.05, 4.69) is 0 Å². The highest BCUT2D eigenvalue weighted by molar-refractivity contribution is 6.30. The maximum atomic E-state index is 12.5. The highest BCUT2D eigenvalue weighted by Crippen LogP contribution is 2.42. The van der Waals surface area contributed by atoms with Gasteiger partial charge in [-0.1, -0.05) is 29.8 Å². The van der Waals surface area contributed by atoms with Crippen molar-refractivity contribution in [2.24, 2.45) is 11.8 Å². The van der Waals surface area contributed by atoms with Gasteiger partial charge in [-0.05, 0) is 25.0 Å². The van der Waals surface area contributed by atoms with E-state index < -0.39 is 0 Å². The molecule has 1 saturated heterocycles. The summed E-state index contributed by atoms with van der Waals surface area (Å²) in [5, 5.41) is 0.661. The normalized spacial score (nSPS) is 25.5. The molecule has 1 aromatic rings. The van der Waals surface area contributed by atoms with Crippen LogP contribution in [0.5, 0.6) is 5.75 Å². The lowest BCUT2D eigenvalue weighted by Gasteiger charge is -2.17. The lowest BCUT2D eigenvalue weighted by Crippen LogP contribution is -2.31. The van der Waals surface area contributed by atoms with Gasteiger partial charge in [0.15, 0.2) is 0 Å². The minimum absolute atomic E-state index is 0.162. The summed E-state index contributed by atoms with van der Waals surface area (Å²) >= 11 is 6.00. The minimum atomic E-state index is -0.343. The van der Waals surface area contributed by atoms with Crippen molar-refractivity contribution in [1.82, 2.24) is 0 Å². The molecule has 0 unspecified atom stereocenters. The molecule has 1 aliphatic carbocycles. The fraction of sp³-hybridized carbons (Fsp3) is 0.333. The zero-order valence-electron chi connectivity index (χ0n) is 11.0. The second kappa shape index (κ2) is 4.94. The van der Waals surface area contributed by atoms with E-state index in [9.17, 15) is 9.59 Å². The van der Waals surface area contributed by atoms with Gasteiger partial charge in [0.25, 0.3) is 0 Å². The van der Waals surface area contributed by atoms with Crippen molar-refractivity contribution < 1.29 is 14.3 Å². The van der Waals surface area contributed by atoms with Crippen molar-refractivity contribution in [3.8, 4) is 5.75 Å². The van der Waals surface area contributed by atoms with E-state index in [0.717, 1.165) is 0 Å². The van der Waals surface area contributed by atoms with Gasteiger partial charge in [-0.15, -0.1) is 0 Å². The Labute approximate surface area is 122 Å². The molecule has 1 aromatic carbocycles. The van der Waals surface area contributed by atoms with Crippen LogP contribution >= 0.6 is 11.6 Å². The lowest BCUT2D eigenvalue weighted by atomic mass is 9.85. The topological polar surface area (TPSA) is 46.6 Å². The summed E-state index contributed by atoms with van der Waals surface area (Å²) in [5.41, 5.74) is 0.510. The van der Waals surface area contributed by atoms with Gasteiger partial charge >= 0.3 is 0 Å². The van der Waals surface area contributed by atoms with Crippen molar-refractivity contribution in [3.63, 3.8) is 0 Å². The summed E-state index contributed by atoms with van der Waals surface area (Å²) < 4.78 is 5.24. The molecule has 2 atom stereocenters. The summed E-state index contributed by atoms with van der Waals surface area (Å²) in [5.74, 6) is -0.465. The van der Waals surface area contributed by atoms with E-state index in [-0.39, 0.29) is 23.7 Å². The van der Waals surface area contributed by atoms with Crippen LogP contribution in [0, 0.1) is 11.8 Å². The van der Waals surface area contributed by atoms with Gasteiger partial charge < -0.3 is 4.74 Å². The predicted octanol–water partition coefficient (Wildman–Crippen LogP) is 2.72. The Morgan fingerprint density at radius 2 is 1.90 bits per heavy atom. The molecule has 0 saturated carbocycles. The molecule has 0 spiro atoms. The van der Waals surface area contributed by atoms with Gasteiger partial charge in [0, 0.05) is 5.03 Å². The molecule has 2 amide bonds. The molecule has 0 aromatic heterocycles. The Morgan fingerprint density at radius 1 is 1.20 bits per heavy atom. The number of rotatable bonds is 2. The average molecular weight is 292 g/mol. The second-order valence-electron chi connectivity index (χ2n) is 4.99. The molecule has 2 aliphatic rings. The molecule has 104 valence electrons. The van der Waals surface area contributed by atoms with Crippen LogP contribution in [0.25, 0.3) is 0 Å². The Balaban J connectivity index is 2.00. The van der Waals surface area contributed by atoms with E-state index >= 15 is 0 Å². The molecule has 1 aliphatic heterocycles. The van der Waals surface area contributed by atoms with Crippen molar-refractivity contribution in [3.05, 3.63) is 35.4 Å². The highest BCUT2D eigenvalue weighted by Gasteiger charge is 2.49. The number of fused-ring (bicyclic) bond motifs is 1. The van der Waals surface area contributed by atoms with Crippen molar-refractivity contribution in [2.75, 3.05) is 12.0 Å². The first-order chi connectivity index (χ1) is 9.63. The number of amides is 2. The maximum absolute atomic E-state index is 12.5. The maximum Gasteiger partial charge on any atom is 0.238 e. The molecule has 1 fully saturated rings. The zero-order valence-corrected chi connectivity index (χ0v) is 11.8. The number of allylic oxidation sites excluding steroid dienone is 2. The first-order valence-corrected chi connectivity index (χ1v) is 6.86. The van der Waals surface area contributed by atoms with E-state index in [1.165, 1.54) is 12.0 Å². The van der Waals surface area contributed by atoms with Crippen LogP contribution < -0.4 is 9.64 Å². The number of methoxy groups -OCH3 is 1. The quantitative estimate of drug-likeness (QED) is 0.787. The Bertz CT molecular complexity index is 611. The number of carbonyl (C=O) groups excluding carboxylic acids is 2. The number of halogens is 1. The summed E-state index contributed by atoms with van der Waals surface area (Å²) in [7, 11) is 1.52. The molecular weight excluding hydrogens is 278 g/mol. The predicted molar refractivity (Wildman–Crippen MR) is 75.6 cm³/mol. The summed E-state index contributed by atoms with van der Waals surface area (Å²) in [6, 6.07) is 7.05. The largest absolute Gasteiger partial charge is 0.495 e. The molecule has 0 radical (unpaired) electrons.